The van der Waals surface area contributed by atoms with Gasteiger partial charge >= 0.3 is 11.8 Å². The number of halogens is 1. The lowest BCUT2D eigenvalue weighted by molar-refractivity contribution is -0.144. The van der Waals surface area contributed by atoms with Crippen LogP contribution in [0.25, 0.3) is 0 Å². The largest absolute Gasteiger partial charge is 0.332 e. The molecule has 25 heavy (non-hydrogen) atoms. The van der Waals surface area contributed by atoms with Crippen LogP contribution in [0.5, 0.6) is 0 Å². The molecule has 0 aromatic heterocycles. The normalized spacial score (nSPS) is 15.0. The van der Waals surface area contributed by atoms with Crippen molar-refractivity contribution in [2.45, 2.75) is 6.54 Å². The van der Waals surface area contributed by atoms with Crippen LogP contribution in [0.1, 0.15) is 5.56 Å². The predicted molar refractivity (Wildman–Crippen MR) is 106 cm³/mol. The second-order valence-corrected chi connectivity index (χ2v) is 7.26. The Labute approximate surface area is 161 Å². The first-order chi connectivity index (χ1) is 12.1. The quantitative estimate of drug-likeness (QED) is 0.579. The lowest BCUT2D eigenvalue weighted by atomic mass is 10.2. The summed E-state index contributed by atoms with van der Waals surface area (Å²) < 4.78 is 1.08. The monoisotopic (exact) mass is 449 g/mol. The van der Waals surface area contributed by atoms with Crippen LogP contribution in [-0.4, -0.2) is 47.8 Å². The zero-order valence-corrected chi connectivity index (χ0v) is 16.0. The van der Waals surface area contributed by atoms with E-state index in [0.29, 0.717) is 18.8 Å². The first-order valence-corrected chi connectivity index (χ1v) is 9.32. The van der Waals surface area contributed by atoms with E-state index >= 15 is 0 Å². The second-order valence-electron chi connectivity index (χ2n) is 6.01. The molecule has 1 aliphatic rings. The van der Waals surface area contributed by atoms with E-state index in [1.54, 1.807) is 17.0 Å². The third-order valence-corrected chi connectivity index (χ3v) is 4.92. The number of benzene rings is 2. The number of hydrogen-bond acceptors (Lipinski definition) is 3. The smallest absolute Gasteiger partial charge is 0.313 e. The molecule has 2 amide bonds. The molecule has 0 unspecified atom stereocenters. The fourth-order valence-electron chi connectivity index (χ4n) is 2.81. The van der Waals surface area contributed by atoms with Crippen molar-refractivity contribution in [3.05, 3.63) is 63.7 Å². The van der Waals surface area contributed by atoms with Crippen LogP contribution < -0.4 is 5.32 Å². The molecular formula is C19H20IN3O2. The Morgan fingerprint density at radius 2 is 1.56 bits per heavy atom. The Morgan fingerprint density at radius 3 is 2.20 bits per heavy atom. The van der Waals surface area contributed by atoms with E-state index in [-0.39, 0.29) is 0 Å². The Morgan fingerprint density at radius 1 is 0.920 bits per heavy atom. The summed E-state index contributed by atoms with van der Waals surface area (Å²) in [6, 6.07) is 17.7. The highest BCUT2D eigenvalue weighted by molar-refractivity contribution is 14.1. The SMILES string of the molecule is O=C(Nc1ccc(I)cc1)C(=O)N1CCN(Cc2ccccc2)CC1. The fraction of sp³-hybridized carbons (Fsp3) is 0.263. The molecule has 0 bridgehead atoms. The van der Waals surface area contributed by atoms with E-state index < -0.39 is 11.8 Å². The number of rotatable bonds is 3. The molecule has 0 spiro atoms. The van der Waals surface area contributed by atoms with Crippen LogP contribution in [0.2, 0.25) is 0 Å². The highest BCUT2D eigenvalue weighted by Gasteiger charge is 2.26. The molecule has 0 saturated carbocycles. The van der Waals surface area contributed by atoms with Gasteiger partial charge in [0.15, 0.2) is 0 Å². The first-order valence-electron chi connectivity index (χ1n) is 8.24. The molecule has 1 heterocycles. The molecule has 1 N–H and O–H groups in total. The number of carbonyl (C=O) groups is 2. The minimum absolute atomic E-state index is 0.460. The molecule has 1 fully saturated rings. The molecule has 1 saturated heterocycles. The van der Waals surface area contributed by atoms with Crippen LogP contribution in [0, 0.1) is 3.57 Å². The molecular weight excluding hydrogens is 429 g/mol. The highest BCUT2D eigenvalue weighted by Crippen LogP contribution is 2.12. The van der Waals surface area contributed by atoms with Crippen molar-refractivity contribution >= 4 is 40.1 Å². The zero-order valence-electron chi connectivity index (χ0n) is 13.8. The van der Waals surface area contributed by atoms with Gasteiger partial charge in [-0.25, -0.2) is 0 Å². The summed E-state index contributed by atoms with van der Waals surface area (Å²) in [5.41, 5.74) is 1.90. The number of nitrogens with zero attached hydrogens (tertiary/aromatic N) is 2. The van der Waals surface area contributed by atoms with Gasteiger partial charge < -0.3 is 10.2 Å². The maximum Gasteiger partial charge on any atom is 0.313 e. The van der Waals surface area contributed by atoms with Gasteiger partial charge in [-0.1, -0.05) is 30.3 Å². The Bertz CT molecular complexity index is 726. The number of carbonyl (C=O) groups excluding carboxylic acids is 2. The minimum Gasteiger partial charge on any atom is -0.332 e. The van der Waals surface area contributed by atoms with Crippen molar-refractivity contribution < 1.29 is 9.59 Å². The van der Waals surface area contributed by atoms with Crippen LogP contribution in [0.4, 0.5) is 5.69 Å². The third kappa shape index (κ3) is 5.02. The van der Waals surface area contributed by atoms with Gasteiger partial charge in [-0.2, -0.15) is 0 Å². The fourth-order valence-corrected chi connectivity index (χ4v) is 3.17. The molecule has 3 rings (SSSR count). The van der Waals surface area contributed by atoms with Crippen LogP contribution in [0.15, 0.2) is 54.6 Å². The van der Waals surface area contributed by atoms with Crippen molar-refractivity contribution in [3.63, 3.8) is 0 Å². The van der Waals surface area contributed by atoms with E-state index in [4.69, 9.17) is 0 Å². The van der Waals surface area contributed by atoms with Gasteiger partial charge in [-0.3, -0.25) is 14.5 Å². The summed E-state index contributed by atoms with van der Waals surface area (Å²) in [6.45, 7) is 3.57. The van der Waals surface area contributed by atoms with Crippen molar-refractivity contribution in [2.75, 3.05) is 31.5 Å². The molecule has 1 aliphatic heterocycles. The summed E-state index contributed by atoms with van der Waals surface area (Å²) in [4.78, 5) is 28.4. The van der Waals surface area contributed by atoms with E-state index in [1.807, 2.05) is 30.3 Å². The number of piperazine rings is 1. The summed E-state index contributed by atoms with van der Waals surface area (Å²) in [7, 11) is 0. The molecule has 5 nitrogen and oxygen atoms in total. The van der Waals surface area contributed by atoms with Gasteiger partial charge in [0.05, 0.1) is 0 Å². The third-order valence-electron chi connectivity index (χ3n) is 4.20. The van der Waals surface area contributed by atoms with Crippen molar-refractivity contribution in [1.82, 2.24) is 9.80 Å². The summed E-state index contributed by atoms with van der Waals surface area (Å²) >= 11 is 2.20. The van der Waals surface area contributed by atoms with Crippen molar-refractivity contribution in [3.8, 4) is 0 Å². The van der Waals surface area contributed by atoms with Gasteiger partial charge in [-0.15, -0.1) is 0 Å². The molecule has 0 aliphatic carbocycles. The summed E-state index contributed by atoms with van der Waals surface area (Å²) in [6.07, 6.45) is 0. The minimum atomic E-state index is -0.572. The van der Waals surface area contributed by atoms with Crippen LogP contribution >= 0.6 is 22.6 Å². The van der Waals surface area contributed by atoms with E-state index in [2.05, 4.69) is 44.9 Å². The lowest BCUT2D eigenvalue weighted by Gasteiger charge is -2.34. The number of nitrogens with one attached hydrogen (secondary N) is 1. The van der Waals surface area contributed by atoms with Gasteiger partial charge in [0, 0.05) is 42.0 Å². The Hall–Kier alpha value is -1.93. The van der Waals surface area contributed by atoms with Gasteiger partial charge in [0.25, 0.3) is 0 Å². The molecule has 0 atom stereocenters. The predicted octanol–water partition coefficient (Wildman–Crippen LogP) is 2.57. The maximum atomic E-state index is 12.3. The lowest BCUT2D eigenvalue weighted by Crippen LogP contribution is -2.51. The van der Waals surface area contributed by atoms with Gasteiger partial charge in [0.1, 0.15) is 0 Å². The highest BCUT2D eigenvalue weighted by atomic mass is 127. The molecule has 2 aromatic carbocycles. The number of anilines is 1. The maximum absolute atomic E-state index is 12.3. The first kappa shape index (κ1) is 17.9. The molecule has 130 valence electrons. The van der Waals surface area contributed by atoms with E-state index in [1.165, 1.54) is 5.56 Å². The van der Waals surface area contributed by atoms with E-state index in [9.17, 15) is 9.59 Å². The van der Waals surface area contributed by atoms with Gasteiger partial charge in [-0.05, 0) is 52.4 Å². The number of hydrogen-bond donors (Lipinski definition) is 1. The topological polar surface area (TPSA) is 52.7 Å². The molecule has 6 heteroatoms. The van der Waals surface area contributed by atoms with Crippen molar-refractivity contribution in [2.24, 2.45) is 0 Å². The summed E-state index contributed by atoms with van der Waals surface area (Å²) in [5, 5.41) is 2.67. The zero-order chi connectivity index (χ0) is 17.6. The molecule has 0 radical (unpaired) electrons. The average Bonchev–Trinajstić information content (AvgIpc) is 2.64. The van der Waals surface area contributed by atoms with Gasteiger partial charge in [0.2, 0.25) is 0 Å². The molecule has 2 aromatic rings. The Kier molecular flexibility index (Phi) is 6.04. The average molecular weight is 449 g/mol. The summed E-state index contributed by atoms with van der Waals surface area (Å²) in [5.74, 6) is -1.03. The van der Waals surface area contributed by atoms with Crippen LogP contribution in [0.3, 0.4) is 0 Å². The van der Waals surface area contributed by atoms with E-state index in [0.717, 1.165) is 23.2 Å². The van der Waals surface area contributed by atoms with Crippen molar-refractivity contribution in [1.29, 1.82) is 0 Å². The Balaban J connectivity index is 1.49. The number of amides is 2. The second kappa shape index (κ2) is 8.44. The standard InChI is InChI=1S/C19H20IN3O2/c20-16-6-8-17(9-7-16)21-18(24)19(25)23-12-10-22(11-13-23)14-15-4-2-1-3-5-15/h1-9H,10-14H2,(H,21,24). The van der Waals surface area contributed by atoms with Crippen LogP contribution in [-0.2, 0) is 16.1 Å².